The number of carbonyl (C=O) groups is 1. The molecule has 2 rings (SSSR count). The van der Waals surface area contributed by atoms with Crippen molar-refractivity contribution < 1.29 is 9.18 Å². The van der Waals surface area contributed by atoms with Gasteiger partial charge in [-0.15, -0.1) is 11.3 Å². The molecule has 0 radical (unpaired) electrons. The number of nitrogens with two attached hydrogens (primary N) is 1. The second-order valence-corrected chi connectivity index (χ2v) is 5.95. The summed E-state index contributed by atoms with van der Waals surface area (Å²) in [6, 6.07) is 6.02. The van der Waals surface area contributed by atoms with Crippen molar-refractivity contribution in [3.8, 4) is 10.6 Å². The van der Waals surface area contributed by atoms with Crippen molar-refractivity contribution in [3.63, 3.8) is 0 Å². The van der Waals surface area contributed by atoms with E-state index in [1.54, 1.807) is 17.5 Å². The van der Waals surface area contributed by atoms with Gasteiger partial charge in [0.25, 0.3) is 5.91 Å². The van der Waals surface area contributed by atoms with Crippen LogP contribution in [0.3, 0.4) is 0 Å². The van der Waals surface area contributed by atoms with Crippen LogP contribution < -0.4 is 11.1 Å². The van der Waals surface area contributed by atoms with E-state index in [1.807, 2.05) is 13.8 Å². The zero-order valence-corrected chi connectivity index (χ0v) is 12.1. The van der Waals surface area contributed by atoms with Crippen LogP contribution in [0.5, 0.6) is 0 Å². The van der Waals surface area contributed by atoms with E-state index in [0.29, 0.717) is 17.2 Å². The van der Waals surface area contributed by atoms with Gasteiger partial charge in [-0.2, -0.15) is 0 Å². The summed E-state index contributed by atoms with van der Waals surface area (Å²) in [5.41, 5.74) is 6.23. The molecule has 0 saturated carbocycles. The van der Waals surface area contributed by atoms with Gasteiger partial charge in [0.05, 0.1) is 0 Å². The summed E-state index contributed by atoms with van der Waals surface area (Å²) in [7, 11) is 0. The summed E-state index contributed by atoms with van der Waals surface area (Å²) in [6.07, 6.45) is 0. The smallest absolute Gasteiger partial charge is 0.271 e. The Balaban J connectivity index is 2.17. The Bertz CT molecular complexity index is 607. The fourth-order valence-corrected chi connectivity index (χ4v) is 2.33. The predicted molar refractivity (Wildman–Crippen MR) is 78.1 cm³/mol. The fraction of sp³-hybridized carbons (Fsp3) is 0.286. The molecule has 0 bridgehead atoms. The maximum atomic E-state index is 12.9. The average Bonchev–Trinajstić information content (AvgIpc) is 2.89. The van der Waals surface area contributed by atoms with E-state index in [4.69, 9.17) is 5.73 Å². The van der Waals surface area contributed by atoms with Crippen molar-refractivity contribution >= 4 is 17.2 Å². The minimum atomic E-state index is -0.475. The SMILES string of the molecule is CC(C)(CN)NC(=O)c1csc(-c2ccc(F)cc2)n1. The number of thiazole rings is 1. The van der Waals surface area contributed by atoms with Gasteiger partial charge in [-0.1, -0.05) is 0 Å². The van der Waals surface area contributed by atoms with Crippen LogP contribution in [0.25, 0.3) is 10.6 Å². The summed E-state index contributed by atoms with van der Waals surface area (Å²) in [4.78, 5) is 16.3. The summed E-state index contributed by atoms with van der Waals surface area (Å²) < 4.78 is 12.9. The van der Waals surface area contributed by atoms with Gasteiger partial charge in [-0.05, 0) is 38.1 Å². The van der Waals surface area contributed by atoms with E-state index in [9.17, 15) is 9.18 Å². The Morgan fingerprint density at radius 1 is 1.40 bits per heavy atom. The molecule has 0 aliphatic heterocycles. The number of rotatable bonds is 4. The van der Waals surface area contributed by atoms with E-state index in [2.05, 4.69) is 10.3 Å². The van der Waals surface area contributed by atoms with E-state index >= 15 is 0 Å². The molecule has 1 aromatic carbocycles. The molecule has 0 saturated heterocycles. The van der Waals surface area contributed by atoms with Gasteiger partial charge in [0.1, 0.15) is 16.5 Å². The molecule has 3 N–H and O–H groups in total. The zero-order valence-electron chi connectivity index (χ0n) is 11.3. The lowest BCUT2D eigenvalue weighted by Gasteiger charge is -2.23. The molecule has 0 atom stereocenters. The summed E-state index contributed by atoms with van der Waals surface area (Å²) in [6.45, 7) is 4.03. The molecule has 1 amide bonds. The molecular formula is C14H16FN3OS. The lowest BCUT2D eigenvalue weighted by molar-refractivity contribution is 0.0911. The number of amides is 1. The molecule has 0 aliphatic carbocycles. The molecule has 0 aliphatic rings. The Hall–Kier alpha value is -1.79. The fourth-order valence-electron chi connectivity index (χ4n) is 1.53. The van der Waals surface area contributed by atoms with E-state index in [0.717, 1.165) is 5.56 Å². The number of nitrogens with one attached hydrogen (secondary N) is 1. The number of halogens is 1. The maximum absolute atomic E-state index is 12.9. The third-order valence-corrected chi connectivity index (χ3v) is 3.68. The Labute approximate surface area is 120 Å². The molecule has 0 spiro atoms. The molecular weight excluding hydrogens is 277 g/mol. The van der Waals surface area contributed by atoms with Gasteiger partial charge < -0.3 is 11.1 Å². The molecule has 1 aromatic heterocycles. The normalized spacial score (nSPS) is 11.4. The molecule has 20 heavy (non-hydrogen) atoms. The van der Waals surface area contributed by atoms with E-state index in [-0.39, 0.29) is 11.7 Å². The van der Waals surface area contributed by atoms with Gasteiger partial charge in [0.2, 0.25) is 0 Å². The monoisotopic (exact) mass is 293 g/mol. The van der Waals surface area contributed by atoms with Gasteiger partial charge >= 0.3 is 0 Å². The van der Waals surface area contributed by atoms with Crippen molar-refractivity contribution in [1.82, 2.24) is 10.3 Å². The van der Waals surface area contributed by atoms with Crippen LogP contribution in [0.4, 0.5) is 4.39 Å². The molecule has 106 valence electrons. The standard InChI is InChI=1S/C14H16FN3OS/c1-14(2,8-16)18-12(19)11-7-20-13(17-11)9-3-5-10(15)6-4-9/h3-7H,8,16H2,1-2H3,(H,18,19). The van der Waals surface area contributed by atoms with Crippen molar-refractivity contribution in [2.45, 2.75) is 19.4 Å². The number of nitrogens with zero attached hydrogens (tertiary/aromatic N) is 1. The summed E-state index contributed by atoms with van der Waals surface area (Å²) in [5.74, 6) is -0.557. The maximum Gasteiger partial charge on any atom is 0.271 e. The van der Waals surface area contributed by atoms with Crippen molar-refractivity contribution in [2.75, 3.05) is 6.54 Å². The van der Waals surface area contributed by atoms with Crippen LogP contribution in [0.2, 0.25) is 0 Å². The third kappa shape index (κ3) is 3.40. The van der Waals surface area contributed by atoms with E-state index in [1.165, 1.54) is 23.5 Å². The molecule has 0 unspecified atom stereocenters. The Kier molecular flexibility index (Phi) is 4.15. The first kappa shape index (κ1) is 14.6. The minimum absolute atomic E-state index is 0.259. The predicted octanol–water partition coefficient (Wildman–Crippen LogP) is 2.42. The van der Waals surface area contributed by atoms with Gasteiger partial charge in [-0.25, -0.2) is 9.37 Å². The summed E-state index contributed by atoms with van der Waals surface area (Å²) in [5, 5.41) is 5.18. The third-order valence-electron chi connectivity index (χ3n) is 2.79. The molecule has 4 nitrogen and oxygen atoms in total. The molecule has 2 aromatic rings. The quantitative estimate of drug-likeness (QED) is 0.909. The van der Waals surface area contributed by atoms with Crippen molar-refractivity contribution in [1.29, 1.82) is 0 Å². The highest BCUT2D eigenvalue weighted by Gasteiger charge is 2.21. The summed E-state index contributed by atoms with van der Waals surface area (Å²) >= 11 is 1.34. The second-order valence-electron chi connectivity index (χ2n) is 5.09. The Morgan fingerprint density at radius 2 is 2.05 bits per heavy atom. The lowest BCUT2D eigenvalue weighted by atomic mass is 10.1. The minimum Gasteiger partial charge on any atom is -0.345 e. The van der Waals surface area contributed by atoms with Crippen LogP contribution in [0, 0.1) is 5.82 Å². The number of benzene rings is 1. The lowest BCUT2D eigenvalue weighted by Crippen LogP contribution is -2.48. The highest BCUT2D eigenvalue weighted by atomic mass is 32.1. The number of hydrogen-bond acceptors (Lipinski definition) is 4. The van der Waals surface area contributed by atoms with Crippen LogP contribution >= 0.6 is 11.3 Å². The van der Waals surface area contributed by atoms with Gasteiger partial charge in [0, 0.05) is 23.0 Å². The van der Waals surface area contributed by atoms with Crippen LogP contribution in [0.1, 0.15) is 24.3 Å². The van der Waals surface area contributed by atoms with Crippen molar-refractivity contribution in [3.05, 3.63) is 41.2 Å². The van der Waals surface area contributed by atoms with Gasteiger partial charge in [-0.3, -0.25) is 4.79 Å². The van der Waals surface area contributed by atoms with Crippen LogP contribution in [-0.2, 0) is 0 Å². The largest absolute Gasteiger partial charge is 0.345 e. The zero-order chi connectivity index (χ0) is 14.8. The van der Waals surface area contributed by atoms with Gasteiger partial charge in [0.15, 0.2) is 0 Å². The second kappa shape index (κ2) is 5.68. The highest BCUT2D eigenvalue weighted by Crippen LogP contribution is 2.24. The molecule has 6 heteroatoms. The Morgan fingerprint density at radius 3 is 2.65 bits per heavy atom. The molecule has 1 heterocycles. The number of hydrogen-bond donors (Lipinski definition) is 2. The van der Waals surface area contributed by atoms with Crippen molar-refractivity contribution in [2.24, 2.45) is 5.73 Å². The first-order chi connectivity index (χ1) is 9.41. The topological polar surface area (TPSA) is 68.0 Å². The molecule has 0 fully saturated rings. The highest BCUT2D eigenvalue weighted by molar-refractivity contribution is 7.13. The van der Waals surface area contributed by atoms with Crippen LogP contribution in [0.15, 0.2) is 29.6 Å². The first-order valence-electron chi connectivity index (χ1n) is 6.15. The van der Waals surface area contributed by atoms with E-state index < -0.39 is 5.54 Å². The number of aromatic nitrogens is 1. The number of carbonyl (C=O) groups excluding carboxylic acids is 1. The average molecular weight is 293 g/mol. The first-order valence-corrected chi connectivity index (χ1v) is 7.03. The van der Waals surface area contributed by atoms with Crippen LogP contribution in [-0.4, -0.2) is 23.0 Å².